The first-order valence-corrected chi connectivity index (χ1v) is 8.01. The normalized spacial score (nSPS) is 15.9. The molecule has 1 heterocycles. The number of aryl methyl sites for hydroxylation is 1. The molecule has 4 nitrogen and oxygen atoms in total. The highest BCUT2D eigenvalue weighted by atomic mass is 79.9. The van der Waals surface area contributed by atoms with Crippen molar-refractivity contribution < 1.29 is 0 Å². The molecule has 2 rings (SSSR count). The molecule has 0 spiro atoms. The monoisotopic (exact) mass is 327 g/mol. The van der Waals surface area contributed by atoms with E-state index in [1.54, 1.807) is 6.20 Å². The molecule has 1 saturated carbocycles. The van der Waals surface area contributed by atoms with E-state index in [4.69, 9.17) is 0 Å². The minimum absolute atomic E-state index is 0.0484. The second kappa shape index (κ2) is 7.08. The molecule has 0 saturated heterocycles. The lowest BCUT2D eigenvalue weighted by Crippen LogP contribution is -2.24. The molecule has 1 aliphatic carbocycles. The van der Waals surface area contributed by atoms with Gasteiger partial charge in [-0.3, -0.25) is 4.79 Å². The highest BCUT2D eigenvalue weighted by Crippen LogP contribution is 2.27. The van der Waals surface area contributed by atoms with E-state index < -0.39 is 0 Å². The molecule has 0 amide bonds. The average molecular weight is 328 g/mol. The van der Waals surface area contributed by atoms with E-state index in [1.165, 1.54) is 36.8 Å². The van der Waals surface area contributed by atoms with Crippen LogP contribution in [0.3, 0.4) is 0 Å². The Labute approximate surface area is 122 Å². The van der Waals surface area contributed by atoms with E-state index >= 15 is 0 Å². The molecule has 1 aromatic rings. The quantitative estimate of drug-likeness (QED) is 0.870. The van der Waals surface area contributed by atoms with Crippen LogP contribution in [0.15, 0.2) is 15.5 Å². The molecule has 1 fully saturated rings. The van der Waals surface area contributed by atoms with Crippen molar-refractivity contribution in [1.29, 1.82) is 0 Å². The lowest BCUT2D eigenvalue weighted by Gasteiger charge is -2.12. The van der Waals surface area contributed by atoms with E-state index in [0.717, 1.165) is 24.6 Å². The number of nitrogens with one attached hydrogen (secondary N) is 1. The summed E-state index contributed by atoms with van der Waals surface area (Å²) >= 11 is 3.38. The van der Waals surface area contributed by atoms with Crippen LogP contribution in [0.4, 0.5) is 5.69 Å². The Kier molecular flexibility index (Phi) is 5.43. The molecular formula is C14H22BrN3O. The predicted octanol–water partition coefficient (Wildman–Crippen LogP) is 3.41. The van der Waals surface area contributed by atoms with Crippen molar-refractivity contribution in [3.8, 4) is 0 Å². The van der Waals surface area contributed by atoms with Crippen molar-refractivity contribution in [3.63, 3.8) is 0 Å². The SMILES string of the molecule is CCCn1ncc(NCCC2CCCC2)c(Br)c1=O. The van der Waals surface area contributed by atoms with Gasteiger partial charge in [-0.05, 0) is 34.7 Å². The molecule has 0 aliphatic heterocycles. The van der Waals surface area contributed by atoms with Crippen LogP contribution >= 0.6 is 15.9 Å². The van der Waals surface area contributed by atoms with Gasteiger partial charge in [0.15, 0.2) is 0 Å². The Morgan fingerprint density at radius 3 is 2.89 bits per heavy atom. The van der Waals surface area contributed by atoms with Crippen LogP contribution in [0.5, 0.6) is 0 Å². The molecule has 1 aliphatic rings. The fraction of sp³-hybridized carbons (Fsp3) is 0.714. The fourth-order valence-electron chi connectivity index (χ4n) is 2.67. The third-order valence-electron chi connectivity index (χ3n) is 3.76. The summed E-state index contributed by atoms with van der Waals surface area (Å²) in [5.74, 6) is 0.861. The number of rotatable bonds is 6. The van der Waals surface area contributed by atoms with Gasteiger partial charge in [0.1, 0.15) is 4.47 Å². The molecule has 1 N–H and O–H groups in total. The van der Waals surface area contributed by atoms with E-state index in [9.17, 15) is 4.79 Å². The summed E-state index contributed by atoms with van der Waals surface area (Å²) < 4.78 is 2.11. The second-order valence-electron chi connectivity index (χ2n) is 5.27. The van der Waals surface area contributed by atoms with Gasteiger partial charge in [0, 0.05) is 13.1 Å². The van der Waals surface area contributed by atoms with Crippen molar-refractivity contribution in [3.05, 3.63) is 21.0 Å². The largest absolute Gasteiger partial charge is 0.383 e. The number of hydrogen-bond acceptors (Lipinski definition) is 3. The fourth-order valence-corrected chi connectivity index (χ4v) is 3.12. The molecule has 0 atom stereocenters. The van der Waals surface area contributed by atoms with Gasteiger partial charge < -0.3 is 5.32 Å². The number of halogens is 1. The average Bonchev–Trinajstić information content (AvgIpc) is 2.91. The van der Waals surface area contributed by atoms with Crippen LogP contribution in [0.1, 0.15) is 45.4 Å². The predicted molar refractivity (Wildman–Crippen MR) is 81.6 cm³/mol. The van der Waals surface area contributed by atoms with E-state index in [0.29, 0.717) is 11.0 Å². The minimum Gasteiger partial charge on any atom is -0.383 e. The van der Waals surface area contributed by atoms with Crippen LogP contribution in [0, 0.1) is 5.92 Å². The van der Waals surface area contributed by atoms with E-state index in [-0.39, 0.29) is 5.56 Å². The van der Waals surface area contributed by atoms with E-state index in [1.807, 2.05) is 6.92 Å². The molecule has 0 radical (unpaired) electrons. The summed E-state index contributed by atoms with van der Waals surface area (Å²) in [4.78, 5) is 12.0. The van der Waals surface area contributed by atoms with Crippen molar-refractivity contribution >= 4 is 21.6 Å². The topological polar surface area (TPSA) is 46.9 Å². The molecule has 106 valence electrons. The maximum absolute atomic E-state index is 12.0. The van der Waals surface area contributed by atoms with Crippen LogP contribution in [0.25, 0.3) is 0 Å². The van der Waals surface area contributed by atoms with Crippen molar-refractivity contribution in [2.75, 3.05) is 11.9 Å². The first kappa shape index (κ1) is 14.6. The smallest absolute Gasteiger partial charge is 0.283 e. The third kappa shape index (κ3) is 3.81. The van der Waals surface area contributed by atoms with Crippen molar-refractivity contribution in [2.45, 2.75) is 52.0 Å². The Hall–Kier alpha value is -0.840. The summed E-state index contributed by atoms with van der Waals surface area (Å²) in [6, 6.07) is 0. The lowest BCUT2D eigenvalue weighted by molar-refractivity contribution is 0.518. The highest BCUT2D eigenvalue weighted by molar-refractivity contribution is 9.10. The lowest BCUT2D eigenvalue weighted by atomic mass is 10.0. The van der Waals surface area contributed by atoms with Gasteiger partial charge in [-0.1, -0.05) is 32.6 Å². The standard InChI is InChI=1S/C14H22BrN3O/c1-2-9-18-14(19)13(15)12(10-17-18)16-8-7-11-5-3-4-6-11/h10-11,16H,2-9H2,1H3. The van der Waals surface area contributed by atoms with Crippen LogP contribution < -0.4 is 10.9 Å². The second-order valence-corrected chi connectivity index (χ2v) is 6.06. The molecular weight excluding hydrogens is 306 g/mol. The summed E-state index contributed by atoms with van der Waals surface area (Å²) in [6.07, 6.45) is 9.32. The van der Waals surface area contributed by atoms with Crippen LogP contribution in [0.2, 0.25) is 0 Å². The van der Waals surface area contributed by atoms with Gasteiger partial charge >= 0.3 is 0 Å². The number of nitrogens with zero attached hydrogens (tertiary/aromatic N) is 2. The first-order chi connectivity index (χ1) is 9.22. The molecule has 5 heteroatoms. The zero-order valence-corrected chi connectivity index (χ0v) is 13.1. The summed E-state index contributed by atoms with van der Waals surface area (Å²) in [7, 11) is 0. The minimum atomic E-state index is -0.0484. The zero-order valence-electron chi connectivity index (χ0n) is 11.5. The summed E-state index contributed by atoms with van der Waals surface area (Å²) in [5.41, 5.74) is 0.767. The van der Waals surface area contributed by atoms with Crippen molar-refractivity contribution in [2.24, 2.45) is 5.92 Å². The number of aromatic nitrogens is 2. The van der Waals surface area contributed by atoms with Gasteiger partial charge in [0.05, 0.1) is 11.9 Å². The van der Waals surface area contributed by atoms with Gasteiger partial charge in [-0.25, -0.2) is 4.68 Å². The van der Waals surface area contributed by atoms with Gasteiger partial charge in [-0.2, -0.15) is 5.10 Å². The Morgan fingerprint density at radius 1 is 1.47 bits per heavy atom. The maximum Gasteiger partial charge on any atom is 0.283 e. The maximum atomic E-state index is 12.0. The summed E-state index contributed by atoms with van der Waals surface area (Å²) in [6.45, 7) is 3.62. The van der Waals surface area contributed by atoms with Crippen molar-refractivity contribution in [1.82, 2.24) is 9.78 Å². The van der Waals surface area contributed by atoms with E-state index in [2.05, 4.69) is 26.3 Å². The first-order valence-electron chi connectivity index (χ1n) is 7.22. The molecule has 1 aromatic heterocycles. The third-order valence-corrected chi connectivity index (χ3v) is 4.53. The Balaban J connectivity index is 1.92. The van der Waals surface area contributed by atoms with Crippen LogP contribution in [-0.4, -0.2) is 16.3 Å². The molecule has 0 unspecified atom stereocenters. The number of hydrogen-bond donors (Lipinski definition) is 1. The number of anilines is 1. The van der Waals surface area contributed by atoms with Gasteiger partial charge in [0.25, 0.3) is 5.56 Å². The zero-order chi connectivity index (χ0) is 13.7. The van der Waals surface area contributed by atoms with Gasteiger partial charge in [0.2, 0.25) is 0 Å². The molecule has 0 bridgehead atoms. The Bertz CT molecular complexity index is 466. The van der Waals surface area contributed by atoms with Crippen LogP contribution in [-0.2, 0) is 6.54 Å². The molecule has 19 heavy (non-hydrogen) atoms. The highest BCUT2D eigenvalue weighted by Gasteiger charge is 2.14. The molecule has 0 aromatic carbocycles. The van der Waals surface area contributed by atoms with Gasteiger partial charge in [-0.15, -0.1) is 0 Å². The Morgan fingerprint density at radius 2 is 2.21 bits per heavy atom. The summed E-state index contributed by atoms with van der Waals surface area (Å²) in [5, 5.41) is 7.52.